The van der Waals surface area contributed by atoms with E-state index >= 15 is 0 Å². The van der Waals surface area contributed by atoms with Crippen LogP contribution in [-0.4, -0.2) is 18.5 Å². The molecule has 0 bridgehead atoms. The van der Waals surface area contributed by atoms with Crippen molar-refractivity contribution in [3.05, 3.63) is 57.0 Å². The number of anilines is 1. The zero-order chi connectivity index (χ0) is 18.4. The normalized spacial score (nSPS) is 10.1. The van der Waals surface area contributed by atoms with Crippen molar-refractivity contribution in [3.63, 3.8) is 0 Å². The fourth-order valence-electron chi connectivity index (χ4n) is 1.66. The van der Waals surface area contributed by atoms with Crippen LogP contribution in [-0.2, 0) is 4.79 Å². The van der Waals surface area contributed by atoms with Crippen LogP contribution in [0.15, 0.2) is 45.3 Å². The highest BCUT2D eigenvalue weighted by Gasteiger charge is 2.12. The maximum atomic E-state index is 13.1. The first-order valence-corrected chi connectivity index (χ1v) is 8.32. The molecule has 6 nitrogen and oxygen atoms in total. The summed E-state index contributed by atoms with van der Waals surface area (Å²) in [6, 6.07) is 6.75. The summed E-state index contributed by atoms with van der Waals surface area (Å²) in [5.74, 6) is -1.31. The summed E-state index contributed by atoms with van der Waals surface area (Å²) in [6.45, 7) is -0.417. The minimum atomic E-state index is -0.718. The molecule has 3 N–H and O–H groups in total. The van der Waals surface area contributed by atoms with E-state index in [0.717, 1.165) is 0 Å². The zero-order valence-electron chi connectivity index (χ0n) is 12.4. The predicted molar refractivity (Wildman–Crippen MR) is 94.0 cm³/mol. The molecule has 0 saturated heterocycles. The van der Waals surface area contributed by atoms with Gasteiger partial charge in [0.05, 0.1) is 8.95 Å². The highest BCUT2D eigenvalue weighted by molar-refractivity contribution is 9.11. The van der Waals surface area contributed by atoms with Gasteiger partial charge in [0.2, 0.25) is 0 Å². The van der Waals surface area contributed by atoms with E-state index in [2.05, 4.69) is 48.0 Å². The van der Waals surface area contributed by atoms with Gasteiger partial charge in [-0.2, -0.15) is 0 Å². The van der Waals surface area contributed by atoms with Gasteiger partial charge in [-0.3, -0.25) is 10.2 Å². The lowest BCUT2D eigenvalue weighted by molar-refractivity contribution is -0.123. The molecule has 0 aliphatic carbocycles. The Labute approximate surface area is 158 Å². The molecule has 2 aromatic carbocycles. The van der Waals surface area contributed by atoms with Crippen molar-refractivity contribution in [2.75, 3.05) is 11.9 Å². The van der Waals surface area contributed by atoms with Crippen LogP contribution in [0, 0.1) is 11.6 Å². The molecule has 3 amide bonds. The average Bonchev–Trinajstić information content (AvgIpc) is 2.54. The van der Waals surface area contributed by atoms with Crippen LogP contribution in [0.25, 0.3) is 0 Å². The SMILES string of the molecule is O=C(COc1c(Br)cc(F)cc1Br)NNC(=O)Nc1ccc(F)cc1. The Morgan fingerprint density at radius 3 is 2.16 bits per heavy atom. The van der Waals surface area contributed by atoms with Crippen molar-refractivity contribution in [1.29, 1.82) is 0 Å². The third-order valence-electron chi connectivity index (χ3n) is 2.73. The molecule has 0 saturated carbocycles. The maximum absolute atomic E-state index is 13.1. The second-order valence-electron chi connectivity index (χ2n) is 4.62. The van der Waals surface area contributed by atoms with Crippen LogP contribution >= 0.6 is 31.9 Å². The molecule has 132 valence electrons. The Kier molecular flexibility index (Phi) is 6.71. The summed E-state index contributed by atoms with van der Waals surface area (Å²) in [6.07, 6.45) is 0. The van der Waals surface area contributed by atoms with Crippen LogP contribution in [0.2, 0.25) is 0 Å². The number of hydrazine groups is 1. The number of amides is 3. The molecule has 0 radical (unpaired) electrons. The lowest BCUT2D eigenvalue weighted by atomic mass is 10.3. The molecular weight excluding hydrogens is 468 g/mol. The van der Waals surface area contributed by atoms with Gasteiger partial charge in [0, 0.05) is 5.69 Å². The van der Waals surface area contributed by atoms with E-state index < -0.39 is 30.2 Å². The molecule has 0 aromatic heterocycles. The van der Waals surface area contributed by atoms with Crippen LogP contribution < -0.4 is 20.9 Å². The second kappa shape index (κ2) is 8.77. The number of carbonyl (C=O) groups is 2. The number of hydrogen-bond acceptors (Lipinski definition) is 3. The molecule has 2 aromatic rings. The molecule has 0 atom stereocenters. The van der Waals surface area contributed by atoms with E-state index in [0.29, 0.717) is 14.6 Å². The van der Waals surface area contributed by atoms with Crippen molar-refractivity contribution in [3.8, 4) is 5.75 Å². The van der Waals surface area contributed by atoms with Gasteiger partial charge in [-0.15, -0.1) is 0 Å². The van der Waals surface area contributed by atoms with Gasteiger partial charge in [0.15, 0.2) is 6.61 Å². The van der Waals surface area contributed by atoms with Crippen molar-refractivity contribution in [2.24, 2.45) is 0 Å². The van der Waals surface area contributed by atoms with E-state index in [-0.39, 0.29) is 5.75 Å². The third kappa shape index (κ3) is 5.98. The van der Waals surface area contributed by atoms with Crippen molar-refractivity contribution < 1.29 is 23.1 Å². The molecule has 0 spiro atoms. The van der Waals surface area contributed by atoms with E-state index in [9.17, 15) is 18.4 Å². The maximum Gasteiger partial charge on any atom is 0.337 e. The number of carbonyl (C=O) groups excluding carboxylic acids is 2. The van der Waals surface area contributed by atoms with Gasteiger partial charge >= 0.3 is 6.03 Å². The lowest BCUT2D eigenvalue weighted by Gasteiger charge is -2.12. The monoisotopic (exact) mass is 477 g/mol. The first-order chi connectivity index (χ1) is 11.8. The number of nitrogens with one attached hydrogen (secondary N) is 3. The van der Waals surface area contributed by atoms with Crippen LogP contribution in [0.4, 0.5) is 19.3 Å². The predicted octanol–water partition coefficient (Wildman–Crippen LogP) is 3.72. The first-order valence-electron chi connectivity index (χ1n) is 6.74. The van der Waals surface area contributed by atoms with Crippen LogP contribution in [0.1, 0.15) is 0 Å². The molecule has 0 aliphatic heterocycles. The van der Waals surface area contributed by atoms with Gasteiger partial charge in [-0.25, -0.2) is 19.0 Å². The second-order valence-corrected chi connectivity index (χ2v) is 6.33. The smallest absolute Gasteiger partial charge is 0.337 e. The number of halogens is 4. The average molecular weight is 479 g/mol. The summed E-state index contributed by atoms with van der Waals surface area (Å²) in [4.78, 5) is 23.3. The Morgan fingerprint density at radius 2 is 1.56 bits per heavy atom. The van der Waals surface area contributed by atoms with Crippen molar-refractivity contribution >= 4 is 49.5 Å². The van der Waals surface area contributed by atoms with E-state index in [4.69, 9.17) is 4.74 Å². The molecule has 0 fully saturated rings. The fraction of sp³-hybridized carbons (Fsp3) is 0.0667. The van der Waals surface area contributed by atoms with Gasteiger partial charge in [-0.05, 0) is 68.3 Å². The quantitative estimate of drug-likeness (QED) is 0.586. The number of rotatable bonds is 4. The van der Waals surface area contributed by atoms with E-state index in [1.807, 2.05) is 0 Å². The Morgan fingerprint density at radius 1 is 0.960 bits per heavy atom. The number of hydrogen-bond donors (Lipinski definition) is 3. The van der Waals surface area contributed by atoms with E-state index in [1.54, 1.807) is 0 Å². The summed E-state index contributed by atoms with van der Waals surface area (Å²) in [5, 5.41) is 2.39. The highest BCUT2D eigenvalue weighted by atomic mass is 79.9. The van der Waals surface area contributed by atoms with Gasteiger partial charge in [0.1, 0.15) is 17.4 Å². The van der Waals surface area contributed by atoms with Gasteiger partial charge < -0.3 is 10.1 Å². The van der Waals surface area contributed by atoms with Crippen molar-refractivity contribution in [1.82, 2.24) is 10.9 Å². The standard InChI is InChI=1S/C15H11Br2F2N3O3/c16-11-5-9(19)6-12(17)14(11)25-7-13(23)21-22-15(24)20-10-3-1-8(18)2-4-10/h1-6H,7H2,(H,21,23)(H2,20,22,24). The Bertz CT molecular complexity index is 765. The third-order valence-corrected chi connectivity index (χ3v) is 3.91. The molecule has 0 unspecified atom stereocenters. The molecule has 0 heterocycles. The number of benzene rings is 2. The number of urea groups is 1. The van der Waals surface area contributed by atoms with Crippen molar-refractivity contribution in [2.45, 2.75) is 0 Å². The highest BCUT2D eigenvalue weighted by Crippen LogP contribution is 2.34. The lowest BCUT2D eigenvalue weighted by Crippen LogP contribution is -2.45. The molecular formula is C15H11Br2F2N3O3. The van der Waals surface area contributed by atoms with Crippen LogP contribution in [0.5, 0.6) is 5.75 Å². The summed E-state index contributed by atoms with van der Waals surface area (Å²) < 4.78 is 31.8. The Balaban J connectivity index is 1.79. The Hall–Kier alpha value is -2.20. The number of ether oxygens (including phenoxy) is 1. The summed E-state index contributed by atoms with van der Waals surface area (Å²) >= 11 is 6.24. The van der Waals surface area contributed by atoms with Gasteiger partial charge in [0.25, 0.3) is 5.91 Å². The minimum absolute atomic E-state index is 0.243. The zero-order valence-corrected chi connectivity index (χ0v) is 15.6. The summed E-state index contributed by atoms with van der Waals surface area (Å²) in [7, 11) is 0. The molecule has 0 aliphatic rings. The van der Waals surface area contributed by atoms with Crippen LogP contribution in [0.3, 0.4) is 0 Å². The largest absolute Gasteiger partial charge is 0.481 e. The minimum Gasteiger partial charge on any atom is -0.481 e. The first kappa shape index (κ1) is 19.1. The summed E-state index contributed by atoms with van der Waals surface area (Å²) in [5.41, 5.74) is 4.59. The fourth-order valence-corrected chi connectivity index (χ4v) is 3.02. The molecule has 10 heteroatoms. The van der Waals surface area contributed by atoms with E-state index in [1.165, 1.54) is 36.4 Å². The molecule has 2 rings (SSSR count). The topological polar surface area (TPSA) is 79.5 Å². The molecule has 25 heavy (non-hydrogen) atoms. The van der Waals surface area contributed by atoms with Gasteiger partial charge in [-0.1, -0.05) is 0 Å².